The molecule has 7 nitrogen and oxygen atoms in total. The van der Waals surface area contributed by atoms with Crippen LogP contribution in [0.2, 0.25) is 5.02 Å². The standard InChI is InChI=1S/C16H14ClF3N4O3S/c17-12-4-2-5-21-13(12)23-7-9-24(10-8-23)15(25)11-3-1-6-22-14(11)28(26,27)16(18,19)20/h1-6H,7-10H2. The second-order valence-corrected chi connectivity index (χ2v) is 8.16. The van der Waals surface area contributed by atoms with Gasteiger partial charge < -0.3 is 9.80 Å². The van der Waals surface area contributed by atoms with Gasteiger partial charge in [-0.25, -0.2) is 18.4 Å². The number of hydrogen-bond acceptors (Lipinski definition) is 6. The Labute approximate surface area is 163 Å². The number of carbonyl (C=O) groups excluding carboxylic acids is 1. The topological polar surface area (TPSA) is 83.5 Å². The molecule has 3 rings (SSSR count). The molecule has 12 heteroatoms. The van der Waals surface area contributed by atoms with Crippen molar-refractivity contribution in [1.82, 2.24) is 14.9 Å². The largest absolute Gasteiger partial charge is 0.503 e. The van der Waals surface area contributed by atoms with Gasteiger partial charge in [-0.1, -0.05) is 11.6 Å². The minimum Gasteiger partial charge on any atom is -0.352 e. The first-order valence-corrected chi connectivity index (χ1v) is 9.90. The number of nitrogens with zero attached hydrogens (tertiary/aromatic N) is 4. The number of carbonyl (C=O) groups is 1. The highest BCUT2D eigenvalue weighted by atomic mass is 35.5. The zero-order valence-corrected chi connectivity index (χ0v) is 15.8. The van der Waals surface area contributed by atoms with Crippen molar-refractivity contribution >= 4 is 33.2 Å². The highest BCUT2D eigenvalue weighted by Crippen LogP contribution is 2.31. The van der Waals surface area contributed by atoms with Crippen LogP contribution >= 0.6 is 11.6 Å². The fourth-order valence-corrected chi connectivity index (χ4v) is 3.88. The average molecular weight is 435 g/mol. The Morgan fingerprint density at radius 3 is 2.25 bits per heavy atom. The van der Waals surface area contributed by atoms with Crippen LogP contribution in [0.4, 0.5) is 19.0 Å². The van der Waals surface area contributed by atoms with Gasteiger partial charge in [-0.3, -0.25) is 4.79 Å². The van der Waals surface area contributed by atoms with Gasteiger partial charge in [-0.05, 0) is 24.3 Å². The van der Waals surface area contributed by atoms with Crippen molar-refractivity contribution in [3.63, 3.8) is 0 Å². The molecule has 0 aliphatic carbocycles. The number of anilines is 1. The summed E-state index contributed by atoms with van der Waals surface area (Å²) < 4.78 is 62.2. The monoisotopic (exact) mass is 434 g/mol. The zero-order valence-electron chi connectivity index (χ0n) is 14.2. The lowest BCUT2D eigenvalue weighted by Crippen LogP contribution is -2.49. The quantitative estimate of drug-likeness (QED) is 0.737. The van der Waals surface area contributed by atoms with Crippen LogP contribution in [-0.4, -0.2) is 60.9 Å². The van der Waals surface area contributed by atoms with Crippen molar-refractivity contribution in [2.24, 2.45) is 0 Å². The van der Waals surface area contributed by atoms with E-state index in [1.54, 1.807) is 18.3 Å². The van der Waals surface area contributed by atoms with E-state index in [-0.39, 0.29) is 13.1 Å². The first kappa shape index (κ1) is 20.3. The number of rotatable bonds is 3. The molecule has 0 saturated carbocycles. The Morgan fingerprint density at radius 1 is 1.04 bits per heavy atom. The fourth-order valence-electron chi connectivity index (χ4n) is 2.78. The maximum Gasteiger partial charge on any atom is 0.503 e. The van der Waals surface area contributed by atoms with E-state index in [0.717, 1.165) is 12.3 Å². The number of hydrogen-bond donors (Lipinski definition) is 0. The van der Waals surface area contributed by atoms with Gasteiger partial charge in [-0.15, -0.1) is 0 Å². The molecule has 2 aromatic rings. The predicted octanol–water partition coefficient (Wildman–Crippen LogP) is 2.39. The lowest BCUT2D eigenvalue weighted by molar-refractivity contribution is -0.0438. The average Bonchev–Trinajstić information content (AvgIpc) is 2.67. The molecule has 0 bridgehead atoms. The molecule has 0 radical (unpaired) electrons. The van der Waals surface area contributed by atoms with Crippen molar-refractivity contribution in [2.45, 2.75) is 10.5 Å². The summed E-state index contributed by atoms with van der Waals surface area (Å²) in [4.78, 5) is 23.3. The molecule has 1 saturated heterocycles. The Hall–Kier alpha value is -2.40. The number of alkyl halides is 3. The molecule has 0 atom stereocenters. The molecule has 0 spiro atoms. The van der Waals surface area contributed by atoms with Crippen LogP contribution in [-0.2, 0) is 9.84 Å². The lowest BCUT2D eigenvalue weighted by Gasteiger charge is -2.35. The summed E-state index contributed by atoms with van der Waals surface area (Å²) in [5.74, 6) is -0.291. The highest BCUT2D eigenvalue weighted by molar-refractivity contribution is 7.92. The summed E-state index contributed by atoms with van der Waals surface area (Å²) in [5, 5.41) is -0.851. The van der Waals surface area contributed by atoms with E-state index in [1.165, 1.54) is 11.0 Å². The van der Waals surface area contributed by atoms with E-state index in [0.29, 0.717) is 23.9 Å². The number of piperazine rings is 1. The predicted molar refractivity (Wildman–Crippen MR) is 94.8 cm³/mol. The molecular weight excluding hydrogens is 421 g/mol. The summed E-state index contributed by atoms with van der Waals surface area (Å²) in [6, 6.07) is 5.59. The van der Waals surface area contributed by atoms with Crippen LogP contribution < -0.4 is 4.90 Å². The minimum atomic E-state index is -5.75. The van der Waals surface area contributed by atoms with E-state index in [1.807, 2.05) is 4.90 Å². The Kier molecular flexibility index (Phi) is 5.48. The van der Waals surface area contributed by atoms with Gasteiger partial charge in [-0.2, -0.15) is 13.2 Å². The first-order chi connectivity index (χ1) is 13.1. The smallest absolute Gasteiger partial charge is 0.352 e. The van der Waals surface area contributed by atoms with Crippen LogP contribution in [0, 0.1) is 0 Å². The van der Waals surface area contributed by atoms with E-state index in [2.05, 4.69) is 9.97 Å². The van der Waals surface area contributed by atoms with Gasteiger partial charge >= 0.3 is 5.51 Å². The molecule has 0 unspecified atom stereocenters. The molecule has 1 aliphatic rings. The molecular formula is C16H14ClF3N4O3S. The third-order valence-corrected chi connectivity index (χ3v) is 5.91. The molecule has 2 aromatic heterocycles. The molecule has 3 heterocycles. The highest BCUT2D eigenvalue weighted by Gasteiger charge is 2.49. The van der Waals surface area contributed by atoms with Crippen LogP contribution in [0.25, 0.3) is 0 Å². The zero-order chi connectivity index (χ0) is 20.5. The molecule has 1 aliphatic heterocycles. The van der Waals surface area contributed by atoms with Crippen LogP contribution in [0.15, 0.2) is 41.7 Å². The third kappa shape index (κ3) is 3.76. The Bertz CT molecular complexity index is 993. The van der Waals surface area contributed by atoms with Gasteiger partial charge in [0.1, 0.15) is 5.82 Å². The summed E-state index contributed by atoms with van der Waals surface area (Å²) in [6.45, 7) is 0.993. The van der Waals surface area contributed by atoms with E-state index < -0.39 is 31.8 Å². The van der Waals surface area contributed by atoms with Gasteiger partial charge in [0, 0.05) is 38.6 Å². The fraction of sp³-hybridized carbons (Fsp3) is 0.312. The molecule has 1 fully saturated rings. The molecule has 150 valence electrons. The molecule has 0 aromatic carbocycles. The Morgan fingerprint density at radius 2 is 1.64 bits per heavy atom. The van der Waals surface area contributed by atoms with Crippen molar-refractivity contribution in [1.29, 1.82) is 0 Å². The first-order valence-electron chi connectivity index (χ1n) is 8.04. The lowest BCUT2D eigenvalue weighted by atomic mass is 10.2. The van der Waals surface area contributed by atoms with E-state index in [4.69, 9.17) is 11.6 Å². The number of aromatic nitrogens is 2. The van der Waals surface area contributed by atoms with Crippen LogP contribution in [0.3, 0.4) is 0 Å². The second kappa shape index (κ2) is 7.55. The van der Waals surface area contributed by atoms with Gasteiger partial charge in [0.05, 0.1) is 10.6 Å². The second-order valence-electron chi connectivity index (χ2n) is 5.89. The maximum absolute atomic E-state index is 12.9. The molecule has 0 N–H and O–H groups in total. The number of halogens is 4. The SMILES string of the molecule is O=C(c1cccnc1S(=O)(=O)C(F)(F)F)N1CCN(c2ncccc2Cl)CC1. The van der Waals surface area contributed by atoms with Crippen LogP contribution in [0.5, 0.6) is 0 Å². The van der Waals surface area contributed by atoms with Crippen molar-refractivity contribution in [3.8, 4) is 0 Å². The van der Waals surface area contributed by atoms with Crippen LogP contribution in [0.1, 0.15) is 10.4 Å². The normalized spacial score (nSPS) is 15.6. The summed E-state index contributed by atoms with van der Waals surface area (Å²) in [6.07, 6.45) is 2.47. The van der Waals surface area contributed by atoms with E-state index >= 15 is 0 Å². The summed E-state index contributed by atoms with van der Waals surface area (Å²) >= 11 is 6.10. The minimum absolute atomic E-state index is 0.159. The number of sulfone groups is 1. The maximum atomic E-state index is 12.9. The summed E-state index contributed by atoms with van der Waals surface area (Å²) in [7, 11) is -5.75. The number of pyridine rings is 2. The van der Waals surface area contributed by atoms with Crippen molar-refractivity contribution in [3.05, 3.63) is 47.2 Å². The molecule has 1 amide bonds. The Balaban J connectivity index is 1.81. The number of amides is 1. The van der Waals surface area contributed by atoms with Crippen molar-refractivity contribution < 1.29 is 26.4 Å². The van der Waals surface area contributed by atoms with E-state index in [9.17, 15) is 26.4 Å². The summed E-state index contributed by atoms with van der Waals surface area (Å²) in [5.41, 5.74) is -6.16. The van der Waals surface area contributed by atoms with Gasteiger partial charge in [0.15, 0.2) is 5.03 Å². The van der Waals surface area contributed by atoms with Gasteiger partial charge in [0.25, 0.3) is 15.7 Å². The van der Waals surface area contributed by atoms with Gasteiger partial charge in [0.2, 0.25) is 0 Å². The third-order valence-electron chi connectivity index (χ3n) is 4.17. The molecule has 28 heavy (non-hydrogen) atoms. The van der Waals surface area contributed by atoms with Crippen molar-refractivity contribution in [2.75, 3.05) is 31.1 Å².